The first kappa shape index (κ1) is 14.6. The fourth-order valence-corrected chi connectivity index (χ4v) is 16.5. The zero-order valence-corrected chi connectivity index (χ0v) is 14.3. The molecule has 0 spiro atoms. The van der Waals surface area contributed by atoms with Crippen LogP contribution in [0.2, 0.25) is 30.2 Å². The Morgan fingerprint density at radius 2 is 1.12 bits per heavy atom. The van der Waals surface area contributed by atoms with E-state index < -0.39 is 26.4 Å². The lowest BCUT2D eigenvalue weighted by molar-refractivity contribution is 0.233. The van der Waals surface area contributed by atoms with Crippen LogP contribution in [0, 0.1) is 0 Å². The zero-order chi connectivity index (χ0) is 12.2. The quantitative estimate of drug-likeness (QED) is 0.720. The van der Waals surface area contributed by atoms with Gasteiger partial charge in [-0.15, -0.1) is 0 Å². The van der Waals surface area contributed by atoms with Crippen LogP contribution in [0.4, 0.5) is 0 Å². The summed E-state index contributed by atoms with van der Waals surface area (Å²) < 4.78 is 18.9. The lowest BCUT2D eigenvalue weighted by Gasteiger charge is -2.47. The number of hydrogen-bond donors (Lipinski definition) is 0. The Bertz CT molecular complexity index is 197. The Kier molecular flexibility index (Phi) is 5.40. The maximum atomic E-state index is 6.45. The number of rotatable bonds is 5. The van der Waals surface area contributed by atoms with Crippen LogP contribution < -0.4 is 0 Å². The van der Waals surface area contributed by atoms with E-state index >= 15 is 0 Å². The molecule has 1 heterocycles. The van der Waals surface area contributed by atoms with Crippen molar-refractivity contribution in [3.05, 3.63) is 0 Å². The van der Waals surface area contributed by atoms with Crippen molar-refractivity contribution in [2.75, 3.05) is 0 Å². The molecule has 0 aromatic carbocycles. The molecule has 1 radical (unpaired) electrons. The highest BCUT2D eigenvalue weighted by atomic mass is 28.5. The van der Waals surface area contributed by atoms with Crippen molar-refractivity contribution >= 4 is 26.4 Å². The van der Waals surface area contributed by atoms with Gasteiger partial charge in [-0.3, -0.25) is 0 Å². The summed E-state index contributed by atoms with van der Waals surface area (Å²) in [7, 11) is -4.87. The van der Waals surface area contributed by atoms with Gasteiger partial charge in [-0.25, -0.2) is 0 Å². The maximum absolute atomic E-state index is 6.45. The third kappa shape index (κ3) is 2.85. The van der Waals surface area contributed by atoms with Crippen molar-refractivity contribution in [2.45, 2.75) is 64.8 Å². The van der Waals surface area contributed by atoms with Gasteiger partial charge in [0.2, 0.25) is 0 Å². The predicted molar refractivity (Wildman–Crippen MR) is 72.9 cm³/mol. The van der Waals surface area contributed by atoms with Crippen LogP contribution in [0.25, 0.3) is 0 Å². The molecule has 1 rings (SSSR count). The van der Waals surface area contributed by atoms with E-state index in [2.05, 4.69) is 34.6 Å². The van der Waals surface area contributed by atoms with Crippen LogP contribution in [0.15, 0.2) is 0 Å². The summed E-state index contributed by atoms with van der Waals surface area (Å²) in [6.45, 7) is 11.0. The summed E-state index contributed by atoms with van der Waals surface area (Å²) in [5.74, 6) is 0. The fourth-order valence-electron chi connectivity index (χ4n) is 2.04. The van der Waals surface area contributed by atoms with E-state index in [1.165, 1.54) is 0 Å². The molecule has 1 aliphatic heterocycles. The summed E-state index contributed by atoms with van der Waals surface area (Å²) in [6, 6.07) is 5.30. The number of hydrogen-bond acceptors (Lipinski definition) is 3. The second-order valence-electron chi connectivity index (χ2n) is 4.27. The highest BCUT2D eigenvalue weighted by Gasteiger charge is 2.52. The third-order valence-electron chi connectivity index (χ3n) is 3.42. The molecule has 1 saturated heterocycles. The van der Waals surface area contributed by atoms with E-state index in [1.54, 1.807) is 0 Å². The van der Waals surface area contributed by atoms with Gasteiger partial charge in [0.1, 0.15) is 0 Å². The van der Waals surface area contributed by atoms with Gasteiger partial charge in [-0.2, -0.15) is 0 Å². The van der Waals surface area contributed by atoms with E-state index in [1.807, 2.05) is 0 Å². The van der Waals surface area contributed by atoms with Gasteiger partial charge in [-0.05, 0) is 30.2 Å². The molecule has 1 aliphatic rings. The molecule has 0 atom stereocenters. The van der Waals surface area contributed by atoms with E-state index in [-0.39, 0.29) is 0 Å². The molecule has 1 fully saturated rings. The molecule has 16 heavy (non-hydrogen) atoms. The third-order valence-corrected chi connectivity index (χ3v) is 16.1. The molecule has 0 amide bonds. The summed E-state index contributed by atoms with van der Waals surface area (Å²) in [6.07, 6.45) is 0. The normalized spacial score (nSPS) is 24.6. The lowest BCUT2D eigenvalue weighted by atomic mass is 10.9. The Morgan fingerprint density at radius 3 is 1.38 bits per heavy atom. The molecular weight excluding hydrogens is 252 g/mol. The van der Waals surface area contributed by atoms with Crippen molar-refractivity contribution in [3.63, 3.8) is 0 Å². The molecule has 3 nitrogen and oxygen atoms in total. The molecule has 0 aromatic heterocycles. The maximum Gasteiger partial charge on any atom is 0.365 e. The second-order valence-corrected chi connectivity index (χ2v) is 14.6. The van der Waals surface area contributed by atoms with E-state index in [9.17, 15) is 0 Å². The minimum atomic E-state index is -1.91. The van der Waals surface area contributed by atoms with Crippen molar-refractivity contribution in [2.24, 2.45) is 0 Å². The average Bonchev–Trinajstić information content (AvgIpc) is 2.37. The van der Waals surface area contributed by atoms with E-state index in [4.69, 9.17) is 12.3 Å². The smallest absolute Gasteiger partial charge is 0.365 e. The zero-order valence-electron chi connectivity index (χ0n) is 11.3. The monoisotopic (exact) mass is 277 g/mol. The summed E-state index contributed by atoms with van der Waals surface area (Å²) >= 11 is 0. The van der Waals surface area contributed by atoms with Crippen molar-refractivity contribution in [3.8, 4) is 0 Å². The highest BCUT2D eigenvalue weighted by molar-refractivity contribution is 6.89. The van der Waals surface area contributed by atoms with Crippen LogP contribution in [0.1, 0.15) is 34.6 Å². The lowest BCUT2D eigenvalue weighted by Crippen LogP contribution is -2.63. The van der Waals surface area contributed by atoms with Gasteiger partial charge >= 0.3 is 26.4 Å². The van der Waals surface area contributed by atoms with Crippen molar-refractivity contribution < 1.29 is 12.3 Å². The first-order valence-electron chi connectivity index (χ1n) is 6.53. The van der Waals surface area contributed by atoms with Gasteiger partial charge in [0.15, 0.2) is 0 Å². The molecule has 95 valence electrons. The van der Waals surface area contributed by atoms with Crippen molar-refractivity contribution in [1.29, 1.82) is 0 Å². The first-order chi connectivity index (χ1) is 7.59. The predicted octanol–water partition coefficient (Wildman–Crippen LogP) is 3.52. The van der Waals surface area contributed by atoms with Crippen LogP contribution in [0.3, 0.4) is 0 Å². The molecule has 0 unspecified atom stereocenters. The Labute approximate surface area is 104 Å². The largest absolute Gasteiger partial charge is 0.415 e. The molecule has 0 aliphatic carbocycles. The van der Waals surface area contributed by atoms with Crippen LogP contribution >= 0.6 is 0 Å². The molecule has 0 N–H and O–H groups in total. The van der Waals surface area contributed by atoms with Gasteiger partial charge in [0.25, 0.3) is 0 Å². The SMILES string of the molecule is CC[Si]1O[Si](CC)(CC)O[Si](CC)(CC)O1. The van der Waals surface area contributed by atoms with E-state index in [0.29, 0.717) is 0 Å². The fraction of sp³-hybridized carbons (Fsp3) is 1.00. The van der Waals surface area contributed by atoms with Crippen LogP contribution in [-0.4, -0.2) is 26.4 Å². The first-order valence-corrected chi connectivity index (χ1v) is 12.5. The molecule has 0 saturated carbocycles. The molecular formula is C10H25O3Si3. The average molecular weight is 278 g/mol. The molecule has 0 bridgehead atoms. The second kappa shape index (κ2) is 5.92. The minimum absolute atomic E-state index is 1.04. The van der Waals surface area contributed by atoms with Crippen LogP contribution in [-0.2, 0) is 12.3 Å². The Hall–Kier alpha value is 0.531. The van der Waals surface area contributed by atoms with Crippen LogP contribution in [0.5, 0.6) is 0 Å². The topological polar surface area (TPSA) is 27.7 Å². The standard InChI is InChI=1S/C10H25O3Si3/c1-6-14-11-15(7-2,8-3)13-16(9-4,10-5)12-14/h6-10H2,1-5H3. The van der Waals surface area contributed by atoms with Crippen molar-refractivity contribution in [1.82, 2.24) is 0 Å². The highest BCUT2D eigenvalue weighted by Crippen LogP contribution is 2.35. The minimum Gasteiger partial charge on any atom is -0.415 e. The van der Waals surface area contributed by atoms with Gasteiger partial charge in [0, 0.05) is 0 Å². The van der Waals surface area contributed by atoms with Gasteiger partial charge < -0.3 is 12.3 Å². The Balaban J connectivity index is 2.90. The summed E-state index contributed by atoms with van der Waals surface area (Å²) in [4.78, 5) is 0. The van der Waals surface area contributed by atoms with Gasteiger partial charge in [0.05, 0.1) is 0 Å². The molecule has 6 heteroatoms. The summed E-state index contributed by atoms with van der Waals surface area (Å²) in [5, 5.41) is 0. The Morgan fingerprint density at radius 1 is 0.750 bits per heavy atom. The summed E-state index contributed by atoms with van der Waals surface area (Å²) in [5.41, 5.74) is 0. The van der Waals surface area contributed by atoms with E-state index in [0.717, 1.165) is 30.2 Å². The molecule has 0 aromatic rings. The van der Waals surface area contributed by atoms with Gasteiger partial charge in [-0.1, -0.05) is 34.6 Å².